The van der Waals surface area contributed by atoms with Crippen molar-refractivity contribution in [3.63, 3.8) is 0 Å². The number of aromatic nitrogens is 1. The molecule has 0 amide bonds. The van der Waals surface area contributed by atoms with Gasteiger partial charge < -0.3 is 0 Å². The van der Waals surface area contributed by atoms with E-state index in [2.05, 4.69) is 39.1 Å². The molecule has 2 heterocycles. The van der Waals surface area contributed by atoms with Gasteiger partial charge >= 0.3 is 0 Å². The minimum Gasteiger partial charge on any atom is -0.257 e. The van der Waals surface area contributed by atoms with Crippen LogP contribution in [0.1, 0.15) is 50.6 Å². The molecule has 0 atom stereocenters. The van der Waals surface area contributed by atoms with Crippen LogP contribution in [0.15, 0.2) is 11.4 Å². The highest BCUT2D eigenvalue weighted by atomic mass is 32.1. The largest absolute Gasteiger partial charge is 0.257 e. The van der Waals surface area contributed by atoms with Crippen LogP contribution in [0.2, 0.25) is 0 Å². The fraction of sp³-hybridized carbons (Fsp3) is 0.500. The molecule has 2 rings (SSSR count). The molecule has 0 spiro atoms. The molecule has 1 nitrogen and oxygen atoms in total. The molecule has 0 aromatic carbocycles. The number of hydrogen-bond acceptors (Lipinski definition) is 2. The summed E-state index contributed by atoms with van der Waals surface area (Å²) < 4.78 is 1.46. The van der Waals surface area contributed by atoms with E-state index in [-0.39, 0.29) is 0 Å². The molecule has 0 unspecified atom stereocenters. The number of fused-ring (bicyclic) bond motifs is 1. The predicted molar refractivity (Wildman–Crippen MR) is 72.5 cm³/mol. The van der Waals surface area contributed by atoms with Crippen molar-refractivity contribution in [3.05, 3.63) is 28.4 Å². The molecular formula is C14H19NS. The van der Waals surface area contributed by atoms with Gasteiger partial charge in [0.05, 0.1) is 0 Å². The molecule has 0 saturated carbocycles. The van der Waals surface area contributed by atoms with Crippen molar-refractivity contribution >= 4 is 21.4 Å². The number of pyridine rings is 1. The summed E-state index contributed by atoms with van der Waals surface area (Å²) in [5, 5.41) is 3.56. The van der Waals surface area contributed by atoms with Gasteiger partial charge in [0.2, 0.25) is 0 Å². The Morgan fingerprint density at radius 2 is 2.00 bits per heavy atom. The Kier molecular flexibility index (Phi) is 3.29. The van der Waals surface area contributed by atoms with E-state index in [4.69, 9.17) is 4.98 Å². The van der Waals surface area contributed by atoms with Crippen LogP contribution in [-0.4, -0.2) is 4.98 Å². The van der Waals surface area contributed by atoms with Gasteiger partial charge in [0.1, 0.15) is 0 Å². The first-order valence-corrected chi connectivity index (χ1v) is 6.95. The predicted octanol–water partition coefficient (Wildman–Crippen LogP) is 4.54. The molecule has 2 aromatic heterocycles. The van der Waals surface area contributed by atoms with Crippen molar-refractivity contribution in [3.8, 4) is 0 Å². The third-order valence-electron chi connectivity index (χ3n) is 3.05. The lowest BCUT2D eigenvalue weighted by molar-refractivity contribution is 0.793. The summed E-state index contributed by atoms with van der Waals surface area (Å²) in [4.78, 5) is 4.87. The summed E-state index contributed by atoms with van der Waals surface area (Å²) in [6.07, 6.45) is 2.11. The van der Waals surface area contributed by atoms with Gasteiger partial charge in [-0.05, 0) is 35.8 Å². The second kappa shape index (κ2) is 4.54. The van der Waals surface area contributed by atoms with Crippen LogP contribution in [0.25, 0.3) is 10.1 Å². The molecule has 0 N–H and O–H groups in total. The topological polar surface area (TPSA) is 12.9 Å². The molecule has 0 bridgehead atoms. The van der Waals surface area contributed by atoms with Crippen molar-refractivity contribution in [2.75, 3.05) is 0 Å². The summed E-state index contributed by atoms with van der Waals surface area (Å²) in [5.41, 5.74) is 4.02. The minimum absolute atomic E-state index is 0.520. The highest BCUT2D eigenvalue weighted by molar-refractivity contribution is 7.17. The molecule has 0 aliphatic carbocycles. The summed E-state index contributed by atoms with van der Waals surface area (Å²) in [6, 6.07) is 2.22. The van der Waals surface area contributed by atoms with E-state index in [0.717, 1.165) is 12.8 Å². The van der Waals surface area contributed by atoms with Crippen LogP contribution in [0.3, 0.4) is 0 Å². The zero-order valence-electron chi connectivity index (χ0n) is 10.5. The van der Waals surface area contributed by atoms with Gasteiger partial charge in [-0.2, -0.15) is 0 Å². The molecule has 16 heavy (non-hydrogen) atoms. The second-order valence-electron chi connectivity index (χ2n) is 4.45. The van der Waals surface area contributed by atoms with Crippen molar-refractivity contribution in [2.45, 2.75) is 46.5 Å². The molecular weight excluding hydrogens is 214 g/mol. The van der Waals surface area contributed by atoms with Crippen molar-refractivity contribution < 1.29 is 0 Å². The number of thiophene rings is 1. The van der Waals surface area contributed by atoms with Gasteiger partial charge in [-0.15, -0.1) is 11.3 Å². The lowest BCUT2D eigenvalue weighted by Crippen LogP contribution is -2.03. The maximum absolute atomic E-state index is 4.87. The quantitative estimate of drug-likeness (QED) is 0.758. The summed E-state index contributed by atoms with van der Waals surface area (Å²) in [6.45, 7) is 8.89. The highest BCUT2D eigenvalue weighted by Crippen LogP contribution is 2.32. The maximum atomic E-state index is 4.87. The minimum atomic E-state index is 0.520. The lowest BCUT2D eigenvalue weighted by atomic mass is 9.99. The third-order valence-corrected chi connectivity index (χ3v) is 4.02. The van der Waals surface area contributed by atoms with Crippen LogP contribution in [0.5, 0.6) is 0 Å². The SMILES string of the molecule is CCc1nc(C(C)C)c(CC)c2sccc12. The summed E-state index contributed by atoms with van der Waals surface area (Å²) >= 11 is 1.86. The molecule has 0 saturated heterocycles. The summed E-state index contributed by atoms with van der Waals surface area (Å²) in [7, 11) is 0. The first-order valence-electron chi connectivity index (χ1n) is 6.07. The van der Waals surface area contributed by atoms with Gasteiger partial charge in [-0.3, -0.25) is 4.98 Å². The smallest absolute Gasteiger partial charge is 0.0491 e. The average Bonchev–Trinajstić information content (AvgIpc) is 2.75. The van der Waals surface area contributed by atoms with Crippen molar-refractivity contribution in [2.24, 2.45) is 0 Å². The zero-order chi connectivity index (χ0) is 11.7. The van der Waals surface area contributed by atoms with E-state index in [1.807, 2.05) is 11.3 Å². The van der Waals surface area contributed by atoms with E-state index in [0.29, 0.717) is 5.92 Å². The van der Waals surface area contributed by atoms with Gasteiger partial charge in [0.25, 0.3) is 0 Å². The number of rotatable bonds is 3. The van der Waals surface area contributed by atoms with E-state index < -0.39 is 0 Å². The average molecular weight is 233 g/mol. The maximum Gasteiger partial charge on any atom is 0.0491 e. The molecule has 0 aliphatic heterocycles. The first-order chi connectivity index (χ1) is 7.69. The standard InChI is InChI=1S/C14H19NS/c1-5-10-13(9(3)4)15-12(6-2)11-7-8-16-14(10)11/h7-9H,5-6H2,1-4H3. The molecule has 0 aliphatic rings. The van der Waals surface area contributed by atoms with Crippen LogP contribution in [0.4, 0.5) is 0 Å². The Morgan fingerprint density at radius 1 is 1.25 bits per heavy atom. The van der Waals surface area contributed by atoms with Crippen molar-refractivity contribution in [1.29, 1.82) is 0 Å². The van der Waals surface area contributed by atoms with Crippen LogP contribution in [0, 0.1) is 0 Å². The van der Waals surface area contributed by atoms with Crippen LogP contribution in [-0.2, 0) is 12.8 Å². The second-order valence-corrected chi connectivity index (χ2v) is 5.36. The Hall–Kier alpha value is -0.890. The monoisotopic (exact) mass is 233 g/mol. The third kappa shape index (κ3) is 1.75. The van der Waals surface area contributed by atoms with Gasteiger partial charge in [-0.1, -0.05) is 27.7 Å². The van der Waals surface area contributed by atoms with E-state index in [1.165, 1.54) is 27.0 Å². The molecule has 0 fully saturated rings. The highest BCUT2D eigenvalue weighted by Gasteiger charge is 2.14. The Morgan fingerprint density at radius 3 is 2.56 bits per heavy atom. The summed E-state index contributed by atoms with van der Waals surface area (Å²) in [5.74, 6) is 0.520. The Balaban J connectivity index is 2.79. The van der Waals surface area contributed by atoms with Gasteiger partial charge in [-0.25, -0.2) is 0 Å². The van der Waals surface area contributed by atoms with Gasteiger partial charge in [0, 0.05) is 21.5 Å². The Bertz CT molecular complexity index is 497. The van der Waals surface area contributed by atoms with Crippen LogP contribution >= 0.6 is 11.3 Å². The van der Waals surface area contributed by atoms with Crippen molar-refractivity contribution in [1.82, 2.24) is 4.98 Å². The molecule has 2 aromatic rings. The fourth-order valence-corrected chi connectivity index (χ4v) is 3.29. The molecule has 0 radical (unpaired) electrons. The Labute approximate surface area is 102 Å². The number of nitrogens with zero attached hydrogens (tertiary/aromatic N) is 1. The van der Waals surface area contributed by atoms with Gasteiger partial charge in [0.15, 0.2) is 0 Å². The van der Waals surface area contributed by atoms with E-state index >= 15 is 0 Å². The fourth-order valence-electron chi connectivity index (χ4n) is 2.25. The molecule has 2 heteroatoms. The van der Waals surface area contributed by atoms with Crippen LogP contribution < -0.4 is 0 Å². The normalized spacial score (nSPS) is 11.6. The lowest BCUT2D eigenvalue weighted by Gasteiger charge is -2.14. The number of aryl methyl sites for hydroxylation is 2. The van der Waals surface area contributed by atoms with E-state index in [9.17, 15) is 0 Å². The number of hydrogen-bond donors (Lipinski definition) is 0. The first kappa shape index (κ1) is 11.6. The molecule has 86 valence electrons. The zero-order valence-corrected chi connectivity index (χ0v) is 11.3. The van der Waals surface area contributed by atoms with E-state index in [1.54, 1.807) is 0 Å².